The maximum absolute atomic E-state index is 12.9. The summed E-state index contributed by atoms with van der Waals surface area (Å²) in [7, 11) is 0. The first-order chi connectivity index (χ1) is 6.75. The van der Waals surface area contributed by atoms with Gasteiger partial charge in [0.15, 0.2) is 0 Å². The van der Waals surface area contributed by atoms with Crippen molar-refractivity contribution in [2.75, 3.05) is 0 Å². The molecule has 2 aromatic rings. The maximum Gasteiger partial charge on any atom is 0.125 e. The van der Waals surface area contributed by atoms with Gasteiger partial charge in [0.05, 0.1) is 11.4 Å². The van der Waals surface area contributed by atoms with E-state index in [0.29, 0.717) is 5.92 Å². The second-order valence-corrected chi connectivity index (χ2v) is 3.62. The molecule has 1 unspecified atom stereocenters. The highest BCUT2D eigenvalue weighted by atomic mass is 19.1. The Kier molecular flexibility index (Phi) is 1.35. The van der Waals surface area contributed by atoms with E-state index >= 15 is 0 Å². The van der Waals surface area contributed by atoms with Crippen LogP contribution in [0.4, 0.5) is 4.39 Å². The third-order valence-corrected chi connectivity index (χ3v) is 2.64. The molecule has 1 aliphatic rings. The van der Waals surface area contributed by atoms with E-state index in [-0.39, 0.29) is 5.82 Å². The predicted octanol–water partition coefficient (Wildman–Crippen LogP) is 2.48. The number of hydrogen-bond acceptors (Lipinski definition) is 1. The molecule has 0 saturated heterocycles. The highest BCUT2D eigenvalue weighted by Crippen LogP contribution is 2.41. The zero-order valence-electron chi connectivity index (χ0n) is 7.74. The Morgan fingerprint density at radius 1 is 1.43 bits per heavy atom. The fraction of sp³-hybridized carbons (Fsp3) is 0.182. The van der Waals surface area contributed by atoms with Gasteiger partial charge in [0, 0.05) is 17.7 Å². The highest BCUT2D eigenvalue weighted by molar-refractivity contribution is 5.47. The van der Waals surface area contributed by atoms with Gasteiger partial charge in [0.25, 0.3) is 0 Å². The van der Waals surface area contributed by atoms with Crippen LogP contribution in [0.25, 0.3) is 5.69 Å². The lowest BCUT2D eigenvalue weighted by molar-refractivity contribution is 0.625. The summed E-state index contributed by atoms with van der Waals surface area (Å²) in [6.45, 7) is 2.12. The van der Waals surface area contributed by atoms with Gasteiger partial charge >= 0.3 is 0 Å². The smallest absolute Gasteiger partial charge is 0.125 e. The van der Waals surface area contributed by atoms with E-state index in [1.807, 2.05) is 12.3 Å². The minimum atomic E-state index is -0.227. The van der Waals surface area contributed by atoms with Crippen molar-refractivity contribution in [2.24, 2.45) is 0 Å². The molecule has 0 fully saturated rings. The van der Waals surface area contributed by atoms with Crippen molar-refractivity contribution in [3.05, 3.63) is 47.5 Å². The number of benzene rings is 1. The van der Waals surface area contributed by atoms with Gasteiger partial charge in [0.2, 0.25) is 0 Å². The van der Waals surface area contributed by atoms with Crippen LogP contribution in [-0.2, 0) is 0 Å². The van der Waals surface area contributed by atoms with E-state index in [2.05, 4.69) is 12.0 Å². The molecule has 1 aliphatic carbocycles. The third kappa shape index (κ3) is 0.985. The van der Waals surface area contributed by atoms with Crippen molar-refractivity contribution >= 4 is 0 Å². The minimum Gasteiger partial charge on any atom is -0.240 e. The molecule has 0 amide bonds. The van der Waals surface area contributed by atoms with Gasteiger partial charge in [-0.2, -0.15) is 5.10 Å². The van der Waals surface area contributed by atoms with Gasteiger partial charge in [-0.1, -0.05) is 13.0 Å². The molecular weight excluding hydrogens is 179 g/mol. The van der Waals surface area contributed by atoms with Crippen LogP contribution in [0, 0.1) is 5.82 Å². The lowest BCUT2D eigenvalue weighted by atomic mass is 10.3. The van der Waals surface area contributed by atoms with Crippen LogP contribution in [0.3, 0.4) is 0 Å². The van der Waals surface area contributed by atoms with Crippen LogP contribution >= 0.6 is 0 Å². The quantitative estimate of drug-likeness (QED) is 0.672. The summed E-state index contributed by atoms with van der Waals surface area (Å²) in [4.78, 5) is 0. The molecular formula is C11H9FN2. The molecule has 1 aromatic heterocycles. The second kappa shape index (κ2) is 2.44. The van der Waals surface area contributed by atoms with Gasteiger partial charge in [-0.3, -0.25) is 0 Å². The summed E-state index contributed by atoms with van der Waals surface area (Å²) in [5.74, 6) is 0.287. The SMILES string of the molecule is CC1c2cn(-c3cccc(F)c3)nc21. The van der Waals surface area contributed by atoms with Crippen molar-refractivity contribution < 1.29 is 4.39 Å². The van der Waals surface area contributed by atoms with E-state index in [1.165, 1.54) is 17.7 Å². The van der Waals surface area contributed by atoms with Gasteiger partial charge in [0.1, 0.15) is 5.82 Å². The van der Waals surface area contributed by atoms with E-state index in [9.17, 15) is 4.39 Å². The van der Waals surface area contributed by atoms with Gasteiger partial charge < -0.3 is 0 Å². The number of rotatable bonds is 1. The van der Waals surface area contributed by atoms with Crippen LogP contribution in [0.5, 0.6) is 0 Å². The molecule has 0 spiro atoms. The first-order valence-electron chi connectivity index (χ1n) is 4.61. The Bertz CT molecular complexity index is 480. The van der Waals surface area contributed by atoms with Crippen LogP contribution in [0.15, 0.2) is 30.5 Å². The van der Waals surface area contributed by atoms with E-state index in [1.54, 1.807) is 10.7 Å². The highest BCUT2D eigenvalue weighted by Gasteiger charge is 2.32. The Balaban J connectivity index is 2.04. The van der Waals surface area contributed by atoms with Crippen molar-refractivity contribution in [3.63, 3.8) is 0 Å². The van der Waals surface area contributed by atoms with Gasteiger partial charge in [-0.15, -0.1) is 0 Å². The Hall–Kier alpha value is -1.64. The van der Waals surface area contributed by atoms with Gasteiger partial charge in [-0.05, 0) is 18.2 Å². The lowest BCUT2D eigenvalue weighted by Gasteiger charge is -2.01. The van der Waals surface area contributed by atoms with Gasteiger partial charge in [-0.25, -0.2) is 9.07 Å². The molecule has 3 rings (SSSR count). The van der Waals surface area contributed by atoms with Crippen molar-refractivity contribution in [2.45, 2.75) is 12.8 Å². The predicted molar refractivity (Wildman–Crippen MR) is 51.0 cm³/mol. The summed E-state index contributed by atoms with van der Waals surface area (Å²) in [5.41, 5.74) is 3.19. The van der Waals surface area contributed by atoms with Crippen molar-refractivity contribution in [1.82, 2.24) is 9.78 Å². The molecule has 0 bridgehead atoms. The number of hydrogen-bond donors (Lipinski definition) is 0. The Labute approximate surface area is 81.0 Å². The Morgan fingerprint density at radius 2 is 2.29 bits per heavy atom. The van der Waals surface area contributed by atoms with Crippen molar-refractivity contribution in [1.29, 1.82) is 0 Å². The fourth-order valence-corrected chi connectivity index (χ4v) is 1.69. The molecule has 1 atom stereocenters. The summed E-state index contributed by atoms with van der Waals surface area (Å²) in [6, 6.07) is 6.45. The average molecular weight is 188 g/mol. The number of fused-ring (bicyclic) bond motifs is 1. The minimum absolute atomic E-state index is 0.227. The number of nitrogens with zero attached hydrogens (tertiary/aromatic N) is 2. The monoisotopic (exact) mass is 188 g/mol. The standard InChI is InChI=1S/C11H9FN2/c1-7-10-6-14(13-11(7)10)9-4-2-3-8(12)5-9/h2-7H,1H3. The molecule has 3 heteroatoms. The molecule has 0 N–H and O–H groups in total. The molecule has 0 radical (unpaired) electrons. The maximum atomic E-state index is 12.9. The molecule has 70 valence electrons. The lowest BCUT2D eigenvalue weighted by Crippen LogP contribution is -1.97. The molecule has 2 nitrogen and oxygen atoms in total. The summed E-state index contributed by atoms with van der Waals surface area (Å²) < 4.78 is 14.6. The second-order valence-electron chi connectivity index (χ2n) is 3.62. The molecule has 0 saturated carbocycles. The zero-order valence-corrected chi connectivity index (χ0v) is 7.74. The molecule has 1 heterocycles. The fourth-order valence-electron chi connectivity index (χ4n) is 1.69. The van der Waals surface area contributed by atoms with Crippen LogP contribution in [0.1, 0.15) is 24.1 Å². The van der Waals surface area contributed by atoms with Crippen LogP contribution in [0.2, 0.25) is 0 Å². The Morgan fingerprint density at radius 3 is 2.93 bits per heavy atom. The topological polar surface area (TPSA) is 17.8 Å². The molecule has 0 aliphatic heterocycles. The molecule has 14 heavy (non-hydrogen) atoms. The first kappa shape index (κ1) is 7.74. The van der Waals surface area contributed by atoms with E-state index in [4.69, 9.17) is 0 Å². The molecule has 1 aromatic carbocycles. The summed E-state index contributed by atoms with van der Waals surface area (Å²) >= 11 is 0. The third-order valence-electron chi connectivity index (χ3n) is 2.64. The first-order valence-corrected chi connectivity index (χ1v) is 4.61. The summed E-state index contributed by atoms with van der Waals surface area (Å²) in [6.07, 6.45) is 1.97. The summed E-state index contributed by atoms with van der Waals surface area (Å²) in [5, 5.41) is 4.35. The van der Waals surface area contributed by atoms with Crippen LogP contribution < -0.4 is 0 Å². The zero-order chi connectivity index (χ0) is 9.71. The number of halogens is 1. The normalized spacial score (nSPS) is 18.0. The van der Waals surface area contributed by atoms with E-state index < -0.39 is 0 Å². The average Bonchev–Trinajstić information content (AvgIpc) is 2.66. The van der Waals surface area contributed by atoms with E-state index in [0.717, 1.165) is 11.4 Å². The largest absolute Gasteiger partial charge is 0.240 e. The van der Waals surface area contributed by atoms with Crippen molar-refractivity contribution in [3.8, 4) is 5.69 Å². The van der Waals surface area contributed by atoms with Crippen LogP contribution in [-0.4, -0.2) is 9.78 Å². The number of aromatic nitrogens is 2.